The first-order valence-electron chi connectivity index (χ1n) is 3.63. The summed E-state index contributed by atoms with van der Waals surface area (Å²) in [4.78, 5) is 15.2. The summed E-state index contributed by atoms with van der Waals surface area (Å²) >= 11 is 4.66. The number of carbonyl (C=O) groups is 1. The van der Waals surface area contributed by atoms with Gasteiger partial charge in [-0.05, 0) is 22.4 Å². The highest BCUT2D eigenvalue weighted by molar-refractivity contribution is 9.11. The van der Waals surface area contributed by atoms with E-state index < -0.39 is 0 Å². The van der Waals surface area contributed by atoms with Crippen LogP contribution in [-0.4, -0.2) is 17.4 Å². The monoisotopic (exact) mass is 248 g/mol. The summed E-state index contributed by atoms with van der Waals surface area (Å²) in [5.41, 5.74) is 2.12. The molecule has 0 unspecified atom stereocenters. The quantitative estimate of drug-likeness (QED) is 0.890. The number of nitrogens with one attached hydrogen (secondary N) is 1. The molecule has 0 atom stereocenters. The number of hydrogen-bond donors (Lipinski definition) is 1. The summed E-state index contributed by atoms with van der Waals surface area (Å²) in [5.74, 6) is -0.107. The fourth-order valence-corrected chi connectivity index (χ4v) is 1.74. The van der Waals surface area contributed by atoms with Gasteiger partial charge in [-0.3, -0.25) is 4.79 Å². The maximum Gasteiger partial charge on any atom is 0.271 e. The molecule has 1 N–H and O–H groups in total. The third-order valence-electron chi connectivity index (χ3n) is 1.27. The molecule has 1 aromatic heterocycles. The van der Waals surface area contributed by atoms with E-state index in [4.69, 9.17) is 0 Å². The van der Waals surface area contributed by atoms with Gasteiger partial charge in [0.15, 0.2) is 5.69 Å². The molecule has 1 heterocycles. The van der Waals surface area contributed by atoms with Crippen molar-refractivity contribution in [3.63, 3.8) is 0 Å². The van der Waals surface area contributed by atoms with Crippen molar-refractivity contribution in [1.29, 1.82) is 0 Å². The number of hydrogen-bond acceptors (Lipinski definition) is 3. The van der Waals surface area contributed by atoms with Gasteiger partial charge >= 0.3 is 0 Å². The first kappa shape index (κ1) is 9.67. The molecule has 0 bridgehead atoms. The molecule has 5 heteroatoms. The van der Waals surface area contributed by atoms with Crippen LogP contribution in [0.25, 0.3) is 0 Å². The van der Waals surface area contributed by atoms with E-state index >= 15 is 0 Å². The fraction of sp³-hybridized carbons (Fsp3) is 0.429. The van der Waals surface area contributed by atoms with Crippen LogP contribution in [0, 0.1) is 0 Å². The lowest BCUT2D eigenvalue weighted by atomic mass is 10.4. The highest BCUT2D eigenvalue weighted by Crippen LogP contribution is 2.19. The van der Waals surface area contributed by atoms with Crippen molar-refractivity contribution < 1.29 is 4.79 Å². The maximum atomic E-state index is 11.3. The van der Waals surface area contributed by atoms with Crippen LogP contribution in [0.15, 0.2) is 9.30 Å². The average Bonchev–Trinajstić information content (AvgIpc) is 2.47. The maximum absolute atomic E-state index is 11.3. The van der Waals surface area contributed by atoms with E-state index in [1.807, 2.05) is 6.92 Å². The van der Waals surface area contributed by atoms with Crippen molar-refractivity contribution in [3.05, 3.63) is 15.0 Å². The second-order valence-electron chi connectivity index (χ2n) is 2.23. The molecule has 3 nitrogen and oxygen atoms in total. The molecule has 0 aromatic carbocycles. The smallest absolute Gasteiger partial charge is 0.271 e. The molecule has 0 aliphatic rings. The molecule has 0 saturated carbocycles. The molecule has 66 valence electrons. The van der Waals surface area contributed by atoms with Crippen LogP contribution in [-0.2, 0) is 0 Å². The van der Waals surface area contributed by atoms with Gasteiger partial charge in [0.1, 0.15) is 3.79 Å². The van der Waals surface area contributed by atoms with Crippen molar-refractivity contribution >= 4 is 33.2 Å². The Hall–Kier alpha value is -0.420. The molecule has 0 fully saturated rings. The number of nitrogens with zero attached hydrogens (tertiary/aromatic N) is 1. The molecule has 0 aliphatic heterocycles. The van der Waals surface area contributed by atoms with E-state index in [2.05, 4.69) is 26.2 Å². The lowest BCUT2D eigenvalue weighted by Crippen LogP contribution is -2.24. The average molecular weight is 249 g/mol. The molecular weight excluding hydrogens is 240 g/mol. The van der Waals surface area contributed by atoms with Gasteiger partial charge in [0, 0.05) is 6.54 Å². The summed E-state index contributed by atoms with van der Waals surface area (Å²) in [6.45, 7) is 2.71. The van der Waals surface area contributed by atoms with Crippen LogP contribution in [0.3, 0.4) is 0 Å². The molecule has 12 heavy (non-hydrogen) atoms. The minimum atomic E-state index is -0.107. The normalized spacial score (nSPS) is 9.83. The van der Waals surface area contributed by atoms with E-state index in [1.54, 1.807) is 5.51 Å². The zero-order valence-electron chi connectivity index (χ0n) is 6.63. The number of thiazole rings is 1. The van der Waals surface area contributed by atoms with Gasteiger partial charge < -0.3 is 5.32 Å². The molecule has 1 aromatic rings. The Kier molecular flexibility index (Phi) is 3.68. The zero-order valence-corrected chi connectivity index (χ0v) is 9.04. The van der Waals surface area contributed by atoms with E-state index in [9.17, 15) is 4.79 Å². The van der Waals surface area contributed by atoms with Crippen LogP contribution in [0.2, 0.25) is 0 Å². The number of amides is 1. The fourth-order valence-electron chi connectivity index (χ4n) is 0.702. The Labute approximate surface area is 83.3 Å². The second-order valence-corrected chi connectivity index (χ2v) is 4.40. The van der Waals surface area contributed by atoms with Gasteiger partial charge in [0.2, 0.25) is 0 Å². The van der Waals surface area contributed by atoms with E-state index in [0.717, 1.165) is 10.2 Å². The Balaban J connectivity index is 2.59. The third-order valence-corrected chi connectivity index (χ3v) is 2.82. The van der Waals surface area contributed by atoms with Crippen molar-refractivity contribution in [3.8, 4) is 0 Å². The Morgan fingerprint density at radius 3 is 3.08 bits per heavy atom. The van der Waals surface area contributed by atoms with Gasteiger partial charge in [0.05, 0.1) is 5.51 Å². The molecule has 1 rings (SSSR count). The zero-order chi connectivity index (χ0) is 8.97. The number of carbonyl (C=O) groups excluding carboxylic acids is 1. The Bertz CT molecular complexity index is 274. The lowest BCUT2D eigenvalue weighted by Gasteiger charge is -1.99. The first-order valence-corrected chi connectivity index (χ1v) is 5.30. The predicted octanol–water partition coefficient (Wildman–Crippen LogP) is 2.05. The van der Waals surface area contributed by atoms with Crippen LogP contribution in [0.5, 0.6) is 0 Å². The van der Waals surface area contributed by atoms with Gasteiger partial charge in [-0.2, -0.15) is 0 Å². The number of halogens is 1. The number of aromatic nitrogens is 1. The van der Waals surface area contributed by atoms with Crippen LogP contribution >= 0.6 is 27.3 Å². The van der Waals surface area contributed by atoms with Crippen LogP contribution < -0.4 is 5.32 Å². The highest BCUT2D eigenvalue weighted by Gasteiger charge is 2.11. The molecule has 0 aliphatic carbocycles. The largest absolute Gasteiger partial charge is 0.351 e. The number of rotatable bonds is 3. The third kappa shape index (κ3) is 2.28. The van der Waals surface area contributed by atoms with E-state index in [0.29, 0.717) is 12.2 Å². The van der Waals surface area contributed by atoms with Gasteiger partial charge in [-0.25, -0.2) is 4.98 Å². The van der Waals surface area contributed by atoms with Gasteiger partial charge in [0.25, 0.3) is 5.91 Å². The summed E-state index contributed by atoms with van der Waals surface area (Å²) < 4.78 is 0.788. The van der Waals surface area contributed by atoms with Crippen LogP contribution in [0.4, 0.5) is 0 Å². The van der Waals surface area contributed by atoms with E-state index in [-0.39, 0.29) is 5.91 Å². The lowest BCUT2D eigenvalue weighted by molar-refractivity contribution is 0.0948. The standard InChI is InChI=1S/C7H9BrN2OS/c1-2-3-9-7(11)5-6(8)12-4-10-5/h4H,2-3H2,1H3,(H,9,11). The first-order chi connectivity index (χ1) is 5.75. The SMILES string of the molecule is CCCNC(=O)c1ncsc1Br. The molecule has 0 spiro atoms. The van der Waals surface area contributed by atoms with Crippen molar-refractivity contribution in [1.82, 2.24) is 10.3 Å². The van der Waals surface area contributed by atoms with Crippen LogP contribution in [0.1, 0.15) is 23.8 Å². The Morgan fingerprint density at radius 1 is 1.83 bits per heavy atom. The second kappa shape index (κ2) is 4.57. The van der Waals surface area contributed by atoms with Gasteiger partial charge in [-0.1, -0.05) is 6.92 Å². The molecular formula is C7H9BrN2OS. The topological polar surface area (TPSA) is 42.0 Å². The minimum absolute atomic E-state index is 0.107. The minimum Gasteiger partial charge on any atom is -0.351 e. The summed E-state index contributed by atoms with van der Waals surface area (Å²) in [6, 6.07) is 0. The van der Waals surface area contributed by atoms with E-state index in [1.165, 1.54) is 11.3 Å². The van der Waals surface area contributed by atoms with Crippen molar-refractivity contribution in [2.75, 3.05) is 6.54 Å². The summed E-state index contributed by atoms with van der Waals surface area (Å²) in [5, 5.41) is 2.75. The summed E-state index contributed by atoms with van der Waals surface area (Å²) in [7, 11) is 0. The molecule has 1 amide bonds. The molecule has 0 saturated heterocycles. The molecule has 0 radical (unpaired) electrons. The highest BCUT2D eigenvalue weighted by atomic mass is 79.9. The van der Waals surface area contributed by atoms with Crippen molar-refractivity contribution in [2.45, 2.75) is 13.3 Å². The summed E-state index contributed by atoms with van der Waals surface area (Å²) in [6.07, 6.45) is 0.938. The predicted molar refractivity (Wildman–Crippen MR) is 52.4 cm³/mol. The Morgan fingerprint density at radius 2 is 2.58 bits per heavy atom. The van der Waals surface area contributed by atoms with Gasteiger partial charge in [-0.15, -0.1) is 11.3 Å². The van der Waals surface area contributed by atoms with Crippen molar-refractivity contribution in [2.24, 2.45) is 0 Å².